The molecule has 21 heavy (non-hydrogen) atoms. The highest BCUT2D eigenvalue weighted by Gasteiger charge is 2.29. The number of amides is 2. The monoisotopic (exact) mass is 284 g/mol. The summed E-state index contributed by atoms with van der Waals surface area (Å²) in [6.07, 6.45) is 1.43. The molecule has 0 atom stereocenters. The van der Waals surface area contributed by atoms with Crippen molar-refractivity contribution in [1.82, 2.24) is 0 Å². The van der Waals surface area contributed by atoms with Crippen LogP contribution in [0.25, 0.3) is 10.8 Å². The highest BCUT2D eigenvalue weighted by atomic mass is 16.5. The summed E-state index contributed by atoms with van der Waals surface area (Å²) in [5.41, 5.74) is 2.31. The summed E-state index contributed by atoms with van der Waals surface area (Å²) in [6.45, 7) is 1.24. The molecule has 0 radical (unpaired) electrons. The Morgan fingerprint density at radius 2 is 2.14 bits per heavy atom. The van der Waals surface area contributed by atoms with Crippen LogP contribution in [0.1, 0.15) is 16.8 Å². The first-order valence-corrected chi connectivity index (χ1v) is 6.84. The van der Waals surface area contributed by atoms with Gasteiger partial charge in [-0.1, -0.05) is 12.1 Å². The van der Waals surface area contributed by atoms with E-state index in [1.807, 2.05) is 30.3 Å². The molecule has 0 saturated carbocycles. The van der Waals surface area contributed by atoms with Gasteiger partial charge in [0.15, 0.2) is 0 Å². The van der Waals surface area contributed by atoms with Crippen molar-refractivity contribution in [3.8, 4) is 0 Å². The first-order valence-electron chi connectivity index (χ1n) is 6.84. The predicted molar refractivity (Wildman–Crippen MR) is 81.8 cm³/mol. The number of methoxy groups -OCH3 is 1. The van der Waals surface area contributed by atoms with Crippen LogP contribution >= 0.6 is 0 Å². The smallest absolute Gasteiger partial charge is 0.258 e. The van der Waals surface area contributed by atoms with E-state index in [-0.39, 0.29) is 5.91 Å². The van der Waals surface area contributed by atoms with Crippen molar-refractivity contribution < 1.29 is 14.3 Å². The van der Waals surface area contributed by atoms with Gasteiger partial charge < -0.3 is 15.0 Å². The number of nitrogens with one attached hydrogen (secondary N) is 1. The molecule has 2 aromatic rings. The van der Waals surface area contributed by atoms with Crippen LogP contribution < -0.4 is 10.2 Å². The van der Waals surface area contributed by atoms with Gasteiger partial charge in [-0.3, -0.25) is 9.59 Å². The number of ether oxygens (including phenoxy) is 1. The molecule has 0 aliphatic carbocycles. The van der Waals surface area contributed by atoms with Crippen LogP contribution in [-0.2, 0) is 9.53 Å². The van der Waals surface area contributed by atoms with Crippen LogP contribution in [0.2, 0.25) is 0 Å². The molecule has 5 heteroatoms. The third-order valence-corrected chi connectivity index (χ3v) is 3.73. The molecular formula is C16H16N2O3. The summed E-state index contributed by atoms with van der Waals surface area (Å²) in [5.74, 6) is 0.00922. The van der Waals surface area contributed by atoms with Gasteiger partial charge in [0.25, 0.3) is 5.91 Å². The molecule has 2 aromatic carbocycles. The Morgan fingerprint density at radius 1 is 1.29 bits per heavy atom. The number of carbonyl (C=O) groups is 2. The maximum absolute atomic E-state index is 12.5. The predicted octanol–water partition coefficient (Wildman–Crippen LogP) is 2.40. The molecule has 1 aliphatic heterocycles. The van der Waals surface area contributed by atoms with E-state index in [1.54, 1.807) is 12.0 Å². The summed E-state index contributed by atoms with van der Waals surface area (Å²) in [4.78, 5) is 25.0. The van der Waals surface area contributed by atoms with Gasteiger partial charge >= 0.3 is 0 Å². The molecule has 0 fully saturated rings. The van der Waals surface area contributed by atoms with Gasteiger partial charge in [0.05, 0.1) is 5.69 Å². The number of hydrogen-bond acceptors (Lipinski definition) is 3. The van der Waals surface area contributed by atoms with Crippen molar-refractivity contribution >= 4 is 34.5 Å². The van der Waals surface area contributed by atoms with Gasteiger partial charge in [-0.15, -0.1) is 0 Å². The highest BCUT2D eigenvalue weighted by Crippen LogP contribution is 2.40. The Kier molecular flexibility index (Phi) is 3.58. The minimum Gasteiger partial charge on any atom is -0.385 e. The molecule has 0 spiro atoms. The molecule has 2 amide bonds. The Labute approximate surface area is 122 Å². The van der Waals surface area contributed by atoms with Gasteiger partial charge in [0, 0.05) is 42.3 Å². The maximum atomic E-state index is 12.5. The van der Waals surface area contributed by atoms with Crippen LogP contribution in [0.15, 0.2) is 30.3 Å². The van der Waals surface area contributed by atoms with E-state index in [4.69, 9.17) is 4.74 Å². The molecule has 3 rings (SSSR count). The Hall–Kier alpha value is -2.40. The van der Waals surface area contributed by atoms with Crippen LogP contribution in [0, 0.1) is 0 Å². The topological polar surface area (TPSA) is 58.6 Å². The highest BCUT2D eigenvalue weighted by molar-refractivity contribution is 6.26. The van der Waals surface area contributed by atoms with Crippen LogP contribution in [-0.4, -0.2) is 32.6 Å². The molecule has 0 aromatic heterocycles. The van der Waals surface area contributed by atoms with Crippen molar-refractivity contribution in [3.05, 3.63) is 35.9 Å². The minimum absolute atomic E-state index is 0.00922. The number of rotatable bonds is 6. The second kappa shape index (κ2) is 5.54. The molecule has 5 nitrogen and oxygen atoms in total. The van der Waals surface area contributed by atoms with E-state index in [2.05, 4.69) is 5.32 Å². The largest absolute Gasteiger partial charge is 0.385 e. The average molecular weight is 284 g/mol. The SMILES string of the molecule is COCCCN1C(=O)c2cccc3c(NC=O)ccc1c23. The third kappa shape index (κ3) is 2.15. The van der Waals surface area contributed by atoms with Crippen molar-refractivity contribution in [1.29, 1.82) is 0 Å². The van der Waals surface area contributed by atoms with Crippen LogP contribution in [0.3, 0.4) is 0 Å². The van der Waals surface area contributed by atoms with E-state index in [0.29, 0.717) is 25.1 Å². The fourth-order valence-corrected chi connectivity index (χ4v) is 2.82. The standard InChI is InChI=1S/C16H16N2O3/c1-21-9-3-8-18-14-7-6-13(17-10-19)11-4-2-5-12(15(11)14)16(18)20/h2,4-7,10H,3,8-9H2,1H3,(H,17,19). The van der Waals surface area contributed by atoms with Crippen molar-refractivity contribution in [2.75, 3.05) is 30.5 Å². The quantitative estimate of drug-likeness (QED) is 0.654. The molecule has 1 N–H and O–H groups in total. The van der Waals surface area contributed by atoms with Crippen molar-refractivity contribution in [3.63, 3.8) is 0 Å². The number of hydrogen-bond donors (Lipinski definition) is 1. The Bertz CT molecular complexity index is 712. The summed E-state index contributed by atoms with van der Waals surface area (Å²) < 4.78 is 5.05. The van der Waals surface area contributed by atoms with Gasteiger partial charge in [-0.25, -0.2) is 0 Å². The van der Waals surface area contributed by atoms with Gasteiger partial charge in [0.2, 0.25) is 6.41 Å². The molecule has 0 bridgehead atoms. The molecular weight excluding hydrogens is 268 g/mol. The molecule has 1 heterocycles. The van der Waals surface area contributed by atoms with Crippen LogP contribution in [0.5, 0.6) is 0 Å². The summed E-state index contributed by atoms with van der Waals surface area (Å²) >= 11 is 0. The number of carbonyl (C=O) groups excluding carboxylic acids is 2. The normalized spacial score (nSPS) is 13.0. The minimum atomic E-state index is 0.00922. The zero-order valence-electron chi connectivity index (χ0n) is 11.8. The van der Waals surface area contributed by atoms with Crippen LogP contribution in [0.4, 0.5) is 11.4 Å². The zero-order valence-corrected chi connectivity index (χ0v) is 11.8. The lowest BCUT2D eigenvalue weighted by Crippen LogP contribution is -2.28. The lowest BCUT2D eigenvalue weighted by Gasteiger charge is -2.17. The maximum Gasteiger partial charge on any atom is 0.258 e. The number of nitrogens with zero attached hydrogens (tertiary/aromatic N) is 1. The average Bonchev–Trinajstić information content (AvgIpc) is 2.78. The van der Waals surface area contributed by atoms with Crippen molar-refractivity contribution in [2.24, 2.45) is 0 Å². The molecule has 0 saturated heterocycles. The first kappa shape index (κ1) is 13.6. The zero-order chi connectivity index (χ0) is 14.8. The molecule has 0 unspecified atom stereocenters. The Balaban J connectivity index is 2.07. The first-order chi connectivity index (χ1) is 10.3. The van der Waals surface area contributed by atoms with E-state index in [9.17, 15) is 9.59 Å². The second-order valence-corrected chi connectivity index (χ2v) is 4.93. The van der Waals surface area contributed by atoms with Gasteiger partial charge in [-0.05, 0) is 24.6 Å². The van der Waals surface area contributed by atoms with Gasteiger partial charge in [0.1, 0.15) is 0 Å². The Morgan fingerprint density at radius 3 is 2.90 bits per heavy atom. The summed E-state index contributed by atoms with van der Waals surface area (Å²) in [5, 5.41) is 4.48. The number of benzene rings is 2. The second-order valence-electron chi connectivity index (χ2n) is 4.93. The fraction of sp³-hybridized carbons (Fsp3) is 0.250. The fourth-order valence-electron chi connectivity index (χ4n) is 2.82. The van der Waals surface area contributed by atoms with Crippen molar-refractivity contribution in [2.45, 2.75) is 6.42 Å². The summed E-state index contributed by atoms with van der Waals surface area (Å²) in [7, 11) is 1.65. The summed E-state index contributed by atoms with van der Waals surface area (Å²) in [6, 6.07) is 9.30. The third-order valence-electron chi connectivity index (χ3n) is 3.73. The van der Waals surface area contributed by atoms with E-state index in [0.717, 1.165) is 28.6 Å². The number of anilines is 2. The lowest BCUT2D eigenvalue weighted by atomic mass is 10.0. The lowest BCUT2D eigenvalue weighted by molar-refractivity contribution is -0.105. The molecule has 108 valence electrons. The van der Waals surface area contributed by atoms with E-state index in [1.165, 1.54) is 0 Å². The van der Waals surface area contributed by atoms with Gasteiger partial charge in [-0.2, -0.15) is 0 Å². The van der Waals surface area contributed by atoms with E-state index < -0.39 is 0 Å². The van der Waals surface area contributed by atoms with E-state index >= 15 is 0 Å². The molecule has 1 aliphatic rings.